The third kappa shape index (κ3) is 2.90. The molecular weight excluding hydrogens is 318 g/mol. The van der Waals surface area contributed by atoms with Crippen LogP contribution in [0.25, 0.3) is 16.6 Å². The minimum absolute atomic E-state index is 0.0267. The van der Waals surface area contributed by atoms with Crippen molar-refractivity contribution in [2.45, 2.75) is 5.16 Å². The molecule has 0 atom stereocenters. The largest absolute Gasteiger partial charge is 0.268 e. The van der Waals surface area contributed by atoms with Gasteiger partial charge in [-0.3, -0.25) is 9.36 Å². The van der Waals surface area contributed by atoms with Crippen molar-refractivity contribution in [2.75, 3.05) is 5.75 Å². The van der Waals surface area contributed by atoms with Crippen molar-refractivity contribution >= 4 is 22.7 Å². The van der Waals surface area contributed by atoms with Crippen LogP contribution in [0.4, 0.5) is 8.78 Å². The highest BCUT2D eigenvalue weighted by atomic mass is 32.2. The molecule has 1 aromatic heterocycles. The molecule has 116 valence electrons. The standard InChI is InChI=1S/C17H12F2N2OS/c1-2-9-23-17-20-14-6-4-3-5-12(14)16(22)21(17)15-8-7-11(18)10-13(15)19/h2-8,10H,1,9H2. The Bertz CT molecular complexity index is 953. The first-order valence-corrected chi connectivity index (χ1v) is 7.81. The summed E-state index contributed by atoms with van der Waals surface area (Å²) in [7, 11) is 0. The number of nitrogens with zero attached hydrogens (tertiary/aromatic N) is 2. The highest BCUT2D eigenvalue weighted by Crippen LogP contribution is 2.23. The van der Waals surface area contributed by atoms with E-state index in [-0.39, 0.29) is 5.69 Å². The summed E-state index contributed by atoms with van der Waals surface area (Å²) in [6, 6.07) is 9.94. The van der Waals surface area contributed by atoms with Crippen LogP contribution in [0.15, 0.2) is 65.1 Å². The molecule has 0 aliphatic heterocycles. The zero-order chi connectivity index (χ0) is 16.4. The van der Waals surface area contributed by atoms with E-state index in [0.717, 1.165) is 12.1 Å². The van der Waals surface area contributed by atoms with Gasteiger partial charge in [-0.15, -0.1) is 6.58 Å². The molecule has 0 aliphatic rings. The Morgan fingerprint density at radius 3 is 2.74 bits per heavy atom. The van der Waals surface area contributed by atoms with E-state index in [1.54, 1.807) is 30.3 Å². The molecule has 0 aliphatic carbocycles. The second-order valence-corrected chi connectivity index (χ2v) is 5.73. The summed E-state index contributed by atoms with van der Waals surface area (Å²) < 4.78 is 28.5. The van der Waals surface area contributed by atoms with Crippen molar-refractivity contribution < 1.29 is 8.78 Å². The number of benzene rings is 2. The summed E-state index contributed by atoms with van der Waals surface area (Å²) in [6.07, 6.45) is 1.66. The molecule has 3 rings (SSSR count). The number of hydrogen-bond acceptors (Lipinski definition) is 3. The number of rotatable bonds is 4. The molecule has 3 aromatic rings. The van der Waals surface area contributed by atoms with Crippen LogP contribution in [0.3, 0.4) is 0 Å². The van der Waals surface area contributed by atoms with Gasteiger partial charge in [0.15, 0.2) is 5.16 Å². The van der Waals surface area contributed by atoms with Crippen LogP contribution in [0.2, 0.25) is 0 Å². The zero-order valence-electron chi connectivity index (χ0n) is 12.0. The van der Waals surface area contributed by atoms with Crippen LogP contribution >= 0.6 is 11.8 Å². The van der Waals surface area contributed by atoms with E-state index in [0.29, 0.717) is 21.8 Å². The molecule has 0 radical (unpaired) electrons. The zero-order valence-corrected chi connectivity index (χ0v) is 12.8. The number of thioether (sulfide) groups is 1. The van der Waals surface area contributed by atoms with Gasteiger partial charge in [-0.2, -0.15) is 0 Å². The number of aromatic nitrogens is 2. The van der Waals surface area contributed by atoms with Gasteiger partial charge < -0.3 is 0 Å². The fourth-order valence-electron chi connectivity index (χ4n) is 2.22. The molecule has 23 heavy (non-hydrogen) atoms. The normalized spacial score (nSPS) is 10.9. The maximum atomic E-state index is 14.2. The monoisotopic (exact) mass is 330 g/mol. The molecule has 0 unspecified atom stereocenters. The van der Waals surface area contributed by atoms with E-state index in [1.165, 1.54) is 22.4 Å². The van der Waals surface area contributed by atoms with E-state index in [9.17, 15) is 13.6 Å². The highest BCUT2D eigenvalue weighted by molar-refractivity contribution is 7.99. The van der Waals surface area contributed by atoms with Crippen LogP contribution in [0.5, 0.6) is 0 Å². The second kappa shape index (κ2) is 6.34. The predicted molar refractivity (Wildman–Crippen MR) is 88.2 cm³/mol. The van der Waals surface area contributed by atoms with E-state index < -0.39 is 17.2 Å². The molecule has 0 spiro atoms. The first kappa shape index (κ1) is 15.4. The summed E-state index contributed by atoms with van der Waals surface area (Å²) >= 11 is 1.26. The SMILES string of the molecule is C=CCSc1nc2ccccc2c(=O)n1-c1ccc(F)cc1F. The molecule has 2 aromatic carbocycles. The van der Waals surface area contributed by atoms with Crippen molar-refractivity contribution in [3.63, 3.8) is 0 Å². The van der Waals surface area contributed by atoms with Crippen LogP contribution < -0.4 is 5.56 Å². The summed E-state index contributed by atoms with van der Waals surface area (Å²) in [5.41, 5.74) is 0.108. The maximum Gasteiger partial charge on any atom is 0.266 e. The molecule has 3 nitrogen and oxygen atoms in total. The molecule has 0 fully saturated rings. The van der Waals surface area contributed by atoms with Gasteiger partial charge >= 0.3 is 0 Å². The first-order chi connectivity index (χ1) is 11.1. The Kier molecular flexibility index (Phi) is 4.25. The molecule has 0 saturated heterocycles. The average Bonchev–Trinajstić information content (AvgIpc) is 2.54. The van der Waals surface area contributed by atoms with Gasteiger partial charge in [0.05, 0.1) is 16.6 Å². The summed E-state index contributed by atoms with van der Waals surface area (Å²) in [4.78, 5) is 17.2. The van der Waals surface area contributed by atoms with E-state index in [2.05, 4.69) is 11.6 Å². The van der Waals surface area contributed by atoms with E-state index >= 15 is 0 Å². The summed E-state index contributed by atoms with van der Waals surface area (Å²) in [5, 5.41) is 0.707. The smallest absolute Gasteiger partial charge is 0.266 e. The average molecular weight is 330 g/mol. The topological polar surface area (TPSA) is 34.9 Å². The molecule has 6 heteroatoms. The van der Waals surface area contributed by atoms with Gasteiger partial charge in [-0.25, -0.2) is 13.8 Å². The Morgan fingerprint density at radius 2 is 2.00 bits per heavy atom. The minimum atomic E-state index is -0.815. The van der Waals surface area contributed by atoms with Gasteiger partial charge in [0, 0.05) is 11.8 Å². The fourth-order valence-corrected chi connectivity index (χ4v) is 2.96. The lowest BCUT2D eigenvalue weighted by atomic mass is 10.2. The number of halogens is 2. The van der Waals surface area contributed by atoms with Gasteiger partial charge in [0.1, 0.15) is 11.6 Å². The van der Waals surface area contributed by atoms with Gasteiger partial charge in [0.25, 0.3) is 5.56 Å². The Morgan fingerprint density at radius 1 is 1.22 bits per heavy atom. The van der Waals surface area contributed by atoms with E-state index in [1.807, 2.05) is 0 Å². The van der Waals surface area contributed by atoms with Crippen molar-refractivity contribution in [1.82, 2.24) is 9.55 Å². The fraction of sp³-hybridized carbons (Fsp3) is 0.0588. The van der Waals surface area contributed by atoms with Gasteiger partial charge in [-0.05, 0) is 24.3 Å². The third-order valence-corrected chi connectivity index (χ3v) is 4.16. The van der Waals surface area contributed by atoms with Gasteiger partial charge in [-0.1, -0.05) is 30.0 Å². The Balaban J connectivity index is 2.34. The first-order valence-electron chi connectivity index (χ1n) is 6.82. The third-order valence-electron chi connectivity index (χ3n) is 3.23. The van der Waals surface area contributed by atoms with Crippen molar-refractivity contribution in [3.8, 4) is 5.69 Å². The Hall–Kier alpha value is -2.47. The van der Waals surface area contributed by atoms with Gasteiger partial charge in [0.2, 0.25) is 0 Å². The summed E-state index contributed by atoms with van der Waals surface area (Å²) in [5.74, 6) is -1.01. The second-order valence-electron chi connectivity index (χ2n) is 4.75. The van der Waals surface area contributed by atoms with Crippen molar-refractivity contribution in [1.29, 1.82) is 0 Å². The lowest BCUT2D eigenvalue weighted by Gasteiger charge is -2.13. The quantitative estimate of drug-likeness (QED) is 0.413. The van der Waals surface area contributed by atoms with Crippen LogP contribution in [-0.2, 0) is 0 Å². The van der Waals surface area contributed by atoms with Crippen LogP contribution in [-0.4, -0.2) is 15.3 Å². The van der Waals surface area contributed by atoms with Crippen molar-refractivity contribution in [2.24, 2.45) is 0 Å². The number of hydrogen-bond donors (Lipinski definition) is 0. The Labute approximate surface area is 135 Å². The lowest BCUT2D eigenvalue weighted by Crippen LogP contribution is -2.22. The van der Waals surface area contributed by atoms with Crippen LogP contribution in [0, 0.1) is 11.6 Å². The molecular formula is C17H12F2N2OS. The molecule has 0 bridgehead atoms. The number of para-hydroxylation sites is 1. The predicted octanol–water partition coefficient (Wildman–Crippen LogP) is 3.94. The lowest BCUT2D eigenvalue weighted by molar-refractivity contribution is 0.572. The molecule has 1 heterocycles. The van der Waals surface area contributed by atoms with Crippen LogP contribution in [0.1, 0.15) is 0 Å². The summed E-state index contributed by atoms with van der Waals surface area (Å²) in [6.45, 7) is 3.63. The molecule has 0 N–H and O–H groups in total. The molecule has 0 saturated carbocycles. The molecule has 0 amide bonds. The number of fused-ring (bicyclic) bond motifs is 1. The minimum Gasteiger partial charge on any atom is -0.268 e. The van der Waals surface area contributed by atoms with E-state index in [4.69, 9.17) is 0 Å². The maximum absolute atomic E-state index is 14.2. The highest BCUT2D eigenvalue weighted by Gasteiger charge is 2.16. The van der Waals surface area contributed by atoms with Crippen molar-refractivity contribution in [3.05, 3.63) is 77.1 Å².